The Morgan fingerprint density at radius 1 is 1.36 bits per heavy atom. The summed E-state index contributed by atoms with van der Waals surface area (Å²) in [5.74, 6) is 0.160. The van der Waals surface area contributed by atoms with Gasteiger partial charge in [-0.2, -0.15) is 0 Å². The third-order valence-electron chi connectivity index (χ3n) is 1.16. The number of hydrogen-bond acceptors (Lipinski definition) is 5. The number of aliphatic hydroxyl groups excluding tert-OH is 3. The van der Waals surface area contributed by atoms with Crippen molar-refractivity contribution in [3.63, 3.8) is 0 Å². The van der Waals surface area contributed by atoms with E-state index < -0.39 is 18.5 Å². The van der Waals surface area contributed by atoms with E-state index in [0.717, 1.165) is 5.94 Å². The second kappa shape index (κ2) is 7.94. The number of hydrogen-bond donors (Lipinski definition) is 3. The first-order valence-corrected chi connectivity index (χ1v) is 3.80. The van der Waals surface area contributed by atoms with E-state index in [-0.39, 0.29) is 0 Å². The zero-order chi connectivity index (χ0) is 10.8. The first kappa shape index (κ1) is 12.3. The molecule has 0 aliphatic carbocycles. The van der Waals surface area contributed by atoms with Crippen LogP contribution in [-0.2, 0) is 4.79 Å². The molecular formula is C9H11NO4. The molecule has 76 valence electrons. The summed E-state index contributed by atoms with van der Waals surface area (Å²) < 4.78 is 0. The van der Waals surface area contributed by atoms with Crippen molar-refractivity contribution in [1.29, 1.82) is 0 Å². The van der Waals surface area contributed by atoms with Gasteiger partial charge in [0.05, 0.1) is 6.61 Å². The van der Waals surface area contributed by atoms with Gasteiger partial charge in [0.25, 0.3) is 0 Å². The van der Waals surface area contributed by atoms with Gasteiger partial charge in [0.15, 0.2) is 5.94 Å². The van der Waals surface area contributed by atoms with Crippen molar-refractivity contribution in [2.24, 2.45) is 0 Å². The molecule has 1 unspecified atom stereocenters. The van der Waals surface area contributed by atoms with Gasteiger partial charge in [-0.25, -0.2) is 4.79 Å². The van der Waals surface area contributed by atoms with Crippen LogP contribution in [-0.4, -0.2) is 39.0 Å². The fourth-order valence-corrected chi connectivity index (χ4v) is 0.467. The number of pyridine rings is 1. The average Bonchev–Trinajstić information content (AvgIpc) is 2.30. The number of nitrogens with zero attached hydrogens (tertiary/aromatic N) is 1. The lowest BCUT2D eigenvalue weighted by molar-refractivity contribution is 0.0891. The van der Waals surface area contributed by atoms with Gasteiger partial charge in [-0.15, -0.1) is 0 Å². The van der Waals surface area contributed by atoms with Gasteiger partial charge >= 0.3 is 0 Å². The molecule has 1 aromatic heterocycles. The third-order valence-corrected chi connectivity index (χ3v) is 1.16. The Kier molecular flexibility index (Phi) is 6.99. The van der Waals surface area contributed by atoms with Crippen LogP contribution < -0.4 is 0 Å². The van der Waals surface area contributed by atoms with E-state index >= 15 is 0 Å². The van der Waals surface area contributed by atoms with Crippen LogP contribution >= 0.6 is 0 Å². The summed E-state index contributed by atoms with van der Waals surface area (Å²) in [6.45, 7) is -0.666. The Morgan fingerprint density at radius 2 is 1.93 bits per heavy atom. The molecule has 0 aromatic carbocycles. The van der Waals surface area contributed by atoms with E-state index in [2.05, 4.69) is 4.98 Å². The highest BCUT2D eigenvalue weighted by Gasteiger charge is 2.06. The standard InChI is InChI=1S/C5H5N.C4H6O4/c1-2-4-6-5-3-1;5-1-3(7)4(8)2-6/h1-5H;3,5,7-8H,1H2. The number of aliphatic hydroxyl groups is 3. The van der Waals surface area contributed by atoms with E-state index in [0.29, 0.717) is 0 Å². The van der Waals surface area contributed by atoms with Crippen LogP contribution in [0.1, 0.15) is 0 Å². The van der Waals surface area contributed by atoms with Gasteiger partial charge in [-0.1, -0.05) is 6.07 Å². The molecule has 0 amide bonds. The number of aromatic nitrogens is 1. The maximum Gasteiger partial charge on any atom is 0.208 e. The first-order chi connectivity index (χ1) is 6.72. The second-order valence-corrected chi connectivity index (χ2v) is 2.21. The Balaban J connectivity index is 0.000000249. The van der Waals surface area contributed by atoms with E-state index in [1.165, 1.54) is 0 Å². The number of carbonyl (C=O) groups excluding carboxylic acids is 1. The molecule has 14 heavy (non-hydrogen) atoms. The van der Waals surface area contributed by atoms with Crippen LogP contribution in [0.2, 0.25) is 0 Å². The maximum atomic E-state index is 9.42. The molecule has 0 bridgehead atoms. The lowest BCUT2D eigenvalue weighted by atomic mass is 10.3. The molecule has 3 N–H and O–H groups in total. The fourth-order valence-electron chi connectivity index (χ4n) is 0.467. The molecule has 0 radical (unpaired) electrons. The summed E-state index contributed by atoms with van der Waals surface area (Å²) in [4.78, 5) is 13.2. The smallest absolute Gasteiger partial charge is 0.208 e. The molecule has 0 aliphatic rings. The van der Waals surface area contributed by atoms with Crippen molar-refractivity contribution in [2.45, 2.75) is 6.10 Å². The van der Waals surface area contributed by atoms with Gasteiger partial charge in [0, 0.05) is 12.4 Å². The lowest BCUT2D eigenvalue weighted by Crippen LogP contribution is -2.14. The highest BCUT2D eigenvalue weighted by Crippen LogP contribution is 1.88. The summed E-state index contributed by atoms with van der Waals surface area (Å²) in [6, 6.07) is 5.72. The summed E-state index contributed by atoms with van der Waals surface area (Å²) in [7, 11) is 0. The van der Waals surface area contributed by atoms with Gasteiger partial charge < -0.3 is 15.3 Å². The van der Waals surface area contributed by atoms with Crippen molar-refractivity contribution >= 4 is 5.94 Å². The molecule has 0 fully saturated rings. The van der Waals surface area contributed by atoms with Crippen LogP contribution in [0.3, 0.4) is 0 Å². The highest BCUT2D eigenvalue weighted by molar-refractivity contribution is 5.50. The van der Waals surface area contributed by atoms with Crippen LogP contribution in [0.15, 0.2) is 36.4 Å². The molecule has 1 atom stereocenters. The Hall–Kier alpha value is -1.68. The van der Waals surface area contributed by atoms with Gasteiger partial charge in [0.1, 0.15) is 6.10 Å². The van der Waals surface area contributed by atoms with Crippen molar-refractivity contribution in [1.82, 2.24) is 4.98 Å². The second-order valence-electron chi connectivity index (χ2n) is 2.21. The quantitative estimate of drug-likeness (QED) is 0.447. The van der Waals surface area contributed by atoms with Crippen molar-refractivity contribution in [3.8, 4) is 0 Å². The molecule has 0 spiro atoms. The molecule has 1 rings (SSSR count). The van der Waals surface area contributed by atoms with E-state index in [9.17, 15) is 4.79 Å². The summed E-state index contributed by atoms with van der Waals surface area (Å²) in [6.07, 6.45) is 2.02. The van der Waals surface area contributed by atoms with Gasteiger partial charge in [-0.3, -0.25) is 4.98 Å². The van der Waals surface area contributed by atoms with Crippen LogP contribution in [0, 0.1) is 0 Å². The predicted octanol–water partition coefficient (Wildman–Crippen LogP) is -0.305. The SMILES string of the molecule is O=C=C(O)C(O)CO.c1ccncc1. The topological polar surface area (TPSA) is 90.7 Å². The Bertz CT molecular complexity index is 255. The third kappa shape index (κ3) is 5.91. The molecule has 1 heterocycles. The predicted molar refractivity (Wildman–Crippen MR) is 49.2 cm³/mol. The van der Waals surface area contributed by atoms with Crippen molar-refractivity contribution in [3.05, 3.63) is 36.4 Å². The van der Waals surface area contributed by atoms with Gasteiger partial charge in [-0.05, 0) is 12.1 Å². The number of rotatable bonds is 2. The normalized spacial score (nSPS) is 10.4. The minimum atomic E-state index is -1.48. The zero-order valence-corrected chi connectivity index (χ0v) is 7.37. The van der Waals surface area contributed by atoms with Crippen LogP contribution in [0.25, 0.3) is 0 Å². The molecule has 5 nitrogen and oxygen atoms in total. The lowest BCUT2D eigenvalue weighted by Gasteiger charge is -1.98. The van der Waals surface area contributed by atoms with Gasteiger partial charge in [0.2, 0.25) is 5.76 Å². The molecule has 0 saturated carbocycles. The van der Waals surface area contributed by atoms with Crippen LogP contribution in [0.4, 0.5) is 0 Å². The molecular weight excluding hydrogens is 186 g/mol. The van der Waals surface area contributed by atoms with Crippen LogP contribution in [0.5, 0.6) is 0 Å². The Morgan fingerprint density at radius 3 is 2.07 bits per heavy atom. The molecule has 0 aliphatic heterocycles. The molecule has 5 heteroatoms. The van der Waals surface area contributed by atoms with Crippen molar-refractivity contribution in [2.75, 3.05) is 6.61 Å². The van der Waals surface area contributed by atoms with E-state index in [1.807, 2.05) is 18.2 Å². The fraction of sp³-hybridized carbons (Fsp3) is 0.222. The monoisotopic (exact) mass is 197 g/mol. The van der Waals surface area contributed by atoms with Crippen molar-refractivity contribution < 1.29 is 20.1 Å². The Labute approximate surface area is 81.0 Å². The minimum absolute atomic E-state index is 0.666. The largest absolute Gasteiger partial charge is 0.500 e. The summed E-state index contributed by atoms with van der Waals surface area (Å²) in [5.41, 5.74) is 0. The van der Waals surface area contributed by atoms with E-state index in [1.54, 1.807) is 12.4 Å². The van der Waals surface area contributed by atoms with E-state index in [4.69, 9.17) is 15.3 Å². The zero-order valence-electron chi connectivity index (χ0n) is 7.37. The minimum Gasteiger partial charge on any atom is -0.500 e. The molecule has 1 aromatic rings. The maximum absolute atomic E-state index is 9.42. The average molecular weight is 197 g/mol. The summed E-state index contributed by atoms with van der Waals surface area (Å²) >= 11 is 0. The first-order valence-electron chi connectivity index (χ1n) is 3.80. The summed E-state index contributed by atoms with van der Waals surface area (Å²) in [5, 5.41) is 24.6. The molecule has 0 saturated heterocycles. The highest BCUT2D eigenvalue weighted by atomic mass is 16.4.